The Hall–Kier alpha value is -2.02. The maximum Gasteiger partial charge on any atom is 0.242 e. The van der Waals surface area contributed by atoms with Crippen molar-refractivity contribution >= 4 is 18.1 Å². The molecule has 18 heavy (non-hydrogen) atoms. The average molecular weight is 263 g/mol. The van der Waals surface area contributed by atoms with Gasteiger partial charge in [-0.2, -0.15) is 5.10 Å². The molecule has 2 aromatic heterocycles. The first-order valence-electron chi connectivity index (χ1n) is 5.44. The van der Waals surface area contributed by atoms with Crippen LogP contribution in [0, 0.1) is 4.77 Å². The van der Waals surface area contributed by atoms with E-state index in [1.165, 1.54) is 0 Å². The molecule has 1 unspecified atom stereocenters. The van der Waals surface area contributed by atoms with Gasteiger partial charge in [-0.1, -0.05) is 0 Å². The molecule has 1 atom stereocenters. The van der Waals surface area contributed by atoms with Crippen molar-refractivity contribution in [1.82, 2.24) is 25.1 Å². The van der Waals surface area contributed by atoms with Gasteiger partial charge in [-0.15, -0.1) is 0 Å². The third kappa shape index (κ3) is 2.17. The summed E-state index contributed by atoms with van der Waals surface area (Å²) >= 11 is 5.17. The number of amides is 1. The molecule has 0 saturated carbocycles. The summed E-state index contributed by atoms with van der Waals surface area (Å²) in [6, 6.07) is 3.21. The molecule has 0 aliphatic carbocycles. The third-order valence-corrected chi connectivity index (χ3v) is 2.94. The zero-order chi connectivity index (χ0) is 13.1. The van der Waals surface area contributed by atoms with Gasteiger partial charge in [-0.3, -0.25) is 19.4 Å². The summed E-state index contributed by atoms with van der Waals surface area (Å²) in [7, 11) is 1.59. The fourth-order valence-electron chi connectivity index (χ4n) is 1.69. The highest BCUT2D eigenvalue weighted by Gasteiger charge is 2.19. The minimum absolute atomic E-state index is 0.122. The van der Waals surface area contributed by atoms with Gasteiger partial charge < -0.3 is 5.32 Å². The maximum atomic E-state index is 11.7. The molecular weight excluding hydrogens is 250 g/mol. The zero-order valence-corrected chi connectivity index (χ0v) is 10.9. The highest BCUT2D eigenvalue weighted by Crippen LogP contribution is 2.20. The summed E-state index contributed by atoms with van der Waals surface area (Å²) in [5.41, 5.74) is 0.855. The number of likely N-dealkylation sites (N-methyl/N-ethyl adjacent to an activating group) is 1. The lowest BCUT2D eigenvalue weighted by molar-refractivity contribution is -0.123. The first-order valence-corrected chi connectivity index (χ1v) is 5.85. The number of nitrogens with one attached hydrogen (secondary N) is 2. The molecule has 2 rings (SSSR count). The predicted molar refractivity (Wildman–Crippen MR) is 69.4 cm³/mol. The Labute approximate surface area is 109 Å². The summed E-state index contributed by atoms with van der Waals surface area (Å²) < 4.78 is 2.10. The molecule has 0 fully saturated rings. The lowest BCUT2D eigenvalue weighted by Crippen LogP contribution is -2.28. The number of hydrogen-bond donors (Lipinski definition) is 2. The van der Waals surface area contributed by atoms with E-state index in [0.717, 1.165) is 5.56 Å². The maximum absolute atomic E-state index is 11.7. The second-order valence-corrected chi connectivity index (χ2v) is 4.14. The van der Waals surface area contributed by atoms with E-state index >= 15 is 0 Å². The van der Waals surface area contributed by atoms with Gasteiger partial charge in [-0.25, -0.2) is 0 Å². The summed E-state index contributed by atoms with van der Waals surface area (Å²) in [6.45, 7) is 1.77. The molecule has 6 nitrogen and oxygen atoms in total. The van der Waals surface area contributed by atoms with Gasteiger partial charge in [-0.05, 0) is 31.3 Å². The third-order valence-electron chi connectivity index (χ3n) is 2.66. The van der Waals surface area contributed by atoms with Gasteiger partial charge in [0.15, 0.2) is 10.6 Å². The number of H-pyrrole nitrogens is 1. The number of nitrogens with zero attached hydrogens (tertiary/aromatic N) is 3. The predicted octanol–water partition coefficient (Wildman–Crippen LogP) is 1.31. The van der Waals surface area contributed by atoms with Crippen LogP contribution in [-0.4, -0.2) is 32.7 Å². The van der Waals surface area contributed by atoms with Crippen LogP contribution in [0.1, 0.15) is 13.0 Å². The minimum Gasteiger partial charge on any atom is -0.357 e. The molecule has 94 valence electrons. The van der Waals surface area contributed by atoms with Gasteiger partial charge in [0.05, 0.1) is 0 Å². The Morgan fingerprint density at radius 1 is 1.50 bits per heavy atom. The van der Waals surface area contributed by atoms with Gasteiger partial charge in [0.25, 0.3) is 0 Å². The van der Waals surface area contributed by atoms with Crippen LogP contribution in [0.2, 0.25) is 0 Å². The molecule has 2 aromatic rings. The van der Waals surface area contributed by atoms with Crippen LogP contribution < -0.4 is 5.32 Å². The van der Waals surface area contributed by atoms with Crippen molar-refractivity contribution in [1.29, 1.82) is 0 Å². The molecule has 2 heterocycles. The minimum atomic E-state index is -0.426. The molecule has 0 bridgehead atoms. The fraction of sp³-hybridized carbons (Fsp3) is 0.273. The van der Waals surface area contributed by atoms with Crippen molar-refractivity contribution in [3.63, 3.8) is 0 Å². The fourth-order valence-corrected chi connectivity index (χ4v) is 1.98. The van der Waals surface area contributed by atoms with Crippen molar-refractivity contribution in [2.75, 3.05) is 7.05 Å². The highest BCUT2D eigenvalue weighted by atomic mass is 32.1. The lowest BCUT2D eigenvalue weighted by atomic mass is 10.2. The first kappa shape index (κ1) is 12.4. The molecule has 1 amide bonds. The average Bonchev–Trinajstić information content (AvgIpc) is 2.80. The summed E-state index contributed by atoms with van der Waals surface area (Å²) in [4.78, 5) is 15.7. The lowest BCUT2D eigenvalue weighted by Gasteiger charge is -2.13. The Morgan fingerprint density at radius 2 is 2.17 bits per heavy atom. The standard InChI is InChI=1S/C11H13N5OS/c1-7(10(17)12-2)16-9(14-15-11(16)18)8-3-5-13-6-4-8/h3-7H,1-2H3,(H,12,17)(H,15,18). The first-order chi connectivity index (χ1) is 8.65. The molecule has 0 aliphatic heterocycles. The van der Waals surface area contributed by atoms with Gasteiger partial charge in [0, 0.05) is 25.0 Å². The quantitative estimate of drug-likeness (QED) is 0.819. The monoisotopic (exact) mass is 263 g/mol. The van der Waals surface area contributed by atoms with Crippen molar-refractivity contribution in [2.24, 2.45) is 0 Å². The Morgan fingerprint density at radius 3 is 2.78 bits per heavy atom. The summed E-state index contributed by atoms with van der Waals surface area (Å²) in [5, 5.41) is 9.47. The number of aromatic amines is 1. The highest BCUT2D eigenvalue weighted by molar-refractivity contribution is 7.71. The van der Waals surface area contributed by atoms with E-state index in [-0.39, 0.29) is 5.91 Å². The summed E-state index contributed by atoms with van der Waals surface area (Å²) in [6.07, 6.45) is 3.34. The number of pyridine rings is 1. The smallest absolute Gasteiger partial charge is 0.242 e. The van der Waals surface area contributed by atoms with Crippen LogP contribution in [-0.2, 0) is 4.79 Å². The van der Waals surface area contributed by atoms with Crippen LogP contribution in [0.25, 0.3) is 11.4 Å². The molecule has 7 heteroatoms. The van der Waals surface area contributed by atoms with Crippen molar-refractivity contribution in [2.45, 2.75) is 13.0 Å². The second kappa shape index (κ2) is 5.09. The SMILES string of the molecule is CNC(=O)C(C)n1c(-c2ccncc2)n[nH]c1=S. The Balaban J connectivity index is 2.52. The van der Waals surface area contributed by atoms with Crippen LogP contribution in [0.4, 0.5) is 0 Å². The van der Waals surface area contributed by atoms with Crippen molar-refractivity contribution in [3.05, 3.63) is 29.3 Å². The number of aromatic nitrogens is 4. The second-order valence-electron chi connectivity index (χ2n) is 3.75. The van der Waals surface area contributed by atoms with E-state index < -0.39 is 6.04 Å². The molecule has 0 aliphatic rings. The number of carbonyl (C=O) groups excluding carboxylic acids is 1. The molecule has 0 spiro atoms. The topological polar surface area (TPSA) is 75.6 Å². The largest absolute Gasteiger partial charge is 0.357 e. The zero-order valence-electron chi connectivity index (χ0n) is 10.0. The molecule has 2 N–H and O–H groups in total. The van der Waals surface area contributed by atoms with Gasteiger partial charge in [0.1, 0.15) is 6.04 Å². The van der Waals surface area contributed by atoms with Crippen LogP contribution in [0.15, 0.2) is 24.5 Å². The van der Waals surface area contributed by atoms with E-state index in [0.29, 0.717) is 10.6 Å². The van der Waals surface area contributed by atoms with Gasteiger partial charge >= 0.3 is 0 Å². The molecule has 0 aromatic carbocycles. The van der Waals surface area contributed by atoms with E-state index in [9.17, 15) is 4.79 Å². The number of carbonyl (C=O) groups is 1. The van der Waals surface area contributed by atoms with Crippen LogP contribution in [0.5, 0.6) is 0 Å². The molecule has 0 radical (unpaired) electrons. The molecule has 0 saturated heterocycles. The normalized spacial score (nSPS) is 12.1. The Kier molecular flexibility index (Phi) is 3.52. The van der Waals surface area contributed by atoms with E-state index in [1.54, 1.807) is 30.9 Å². The van der Waals surface area contributed by atoms with Crippen molar-refractivity contribution in [3.8, 4) is 11.4 Å². The number of rotatable bonds is 3. The summed E-state index contributed by atoms with van der Waals surface area (Å²) in [5.74, 6) is 0.501. The molecular formula is C11H13N5OS. The van der Waals surface area contributed by atoms with E-state index in [4.69, 9.17) is 12.2 Å². The van der Waals surface area contributed by atoms with Crippen LogP contribution in [0.3, 0.4) is 0 Å². The van der Waals surface area contributed by atoms with Crippen molar-refractivity contribution < 1.29 is 4.79 Å². The van der Waals surface area contributed by atoms with Crippen LogP contribution >= 0.6 is 12.2 Å². The van der Waals surface area contributed by atoms with E-state index in [1.807, 2.05) is 12.1 Å². The van der Waals surface area contributed by atoms with Gasteiger partial charge in [0.2, 0.25) is 5.91 Å². The number of hydrogen-bond acceptors (Lipinski definition) is 4. The van der Waals surface area contributed by atoms with E-state index in [2.05, 4.69) is 20.5 Å². The Bertz CT molecular complexity index is 603.